The second-order valence-corrected chi connectivity index (χ2v) is 6.60. The smallest absolute Gasteiger partial charge is 0.303 e. The quantitative estimate of drug-likeness (QED) is 0.476. The molecule has 0 saturated carbocycles. The molecule has 0 aliphatic rings. The van der Waals surface area contributed by atoms with Crippen LogP contribution in [-0.4, -0.2) is 11.1 Å². The summed E-state index contributed by atoms with van der Waals surface area (Å²) in [5, 5.41) is 9.36. The zero-order valence-electron chi connectivity index (χ0n) is 13.8. The average molecular weight is 348 g/mol. The lowest BCUT2D eigenvalue weighted by molar-refractivity contribution is -0.137. The molecule has 0 aromatic heterocycles. The molecule has 0 aliphatic heterocycles. The Morgan fingerprint density at radius 2 is 1.32 bits per heavy atom. The zero-order chi connectivity index (χ0) is 17.7. The first-order valence-electron chi connectivity index (χ1n) is 8.25. The summed E-state index contributed by atoms with van der Waals surface area (Å²) < 4.78 is 0. The monoisotopic (exact) mass is 348 g/mol. The molecular formula is C22H20O2S. The predicted octanol–water partition coefficient (Wildman–Crippen LogP) is 5.17. The molecule has 0 unspecified atom stereocenters. The number of carbonyl (C=O) groups is 1. The van der Waals surface area contributed by atoms with Crippen molar-refractivity contribution in [2.75, 3.05) is 0 Å². The summed E-state index contributed by atoms with van der Waals surface area (Å²) in [6.45, 7) is 0. The average Bonchev–Trinajstić information content (AvgIpc) is 2.64. The summed E-state index contributed by atoms with van der Waals surface area (Å²) in [6, 6.07) is 28.2. The van der Waals surface area contributed by atoms with E-state index in [1.54, 1.807) is 0 Å². The van der Waals surface area contributed by atoms with E-state index >= 15 is 0 Å². The maximum Gasteiger partial charge on any atom is 0.303 e. The lowest BCUT2D eigenvalue weighted by Crippen LogP contribution is -2.30. The van der Waals surface area contributed by atoms with Crippen LogP contribution in [0.2, 0.25) is 0 Å². The van der Waals surface area contributed by atoms with Gasteiger partial charge in [-0.05, 0) is 35.2 Å². The van der Waals surface area contributed by atoms with E-state index in [1.165, 1.54) is 0 Å². The van der Waals surface area contributed by atoms with E-state index in [4.69, 9.17) is 0 Å². The third-order valence-electron chi connectivity index (χ3n) is 4.59. The van der Waals surface area contributed by atoms with Gasteiger partial charge in [-0.25, -0.2) is 0 Å². The maximum absolute atomic E-state index is 11.4. The molecule has 3 rings (SSSR count). The predicted molar refractivity (Wildman–Crippen MR) is 103 cm³/mol. The molecule has 0 fully saturated rings. The molecule has 0 heterocycles. The van der Waals surface area contributed by atoms with Crippen LogP contribution in [0.15, 0.2) is 89.8 Å². The van der Waals surface area contributed by atoms with Crippen molar-refractivity contribution in [1.29, 1.82) is 0 Å². The van der Waals surface area contributed by atoms with Crippen molar-refractivity contribution >= 4 is 18.6 Å². The molecule has 0 amide bonds. The van der Waals surface area contributed by atoms with Gasteiger partial charge in [0.05, 0.1) is 0 Å². The van der Waals surface area contributed by atoms with E-state index in [-0.39, 0.29) is 6.42 Å². The lowest BCUT2D eigenvalue weighted by atomic mass is 9.67. The molecule has 0 saturated heterocycles. The highest BCUT2D eigenvalue weighted by atomic mass is 32.1. The lowest BCUT2D eigenvalue weighted by Gasteiger charge is -2.36. The van der Waals surface area contributed by atoms with Gasteiger partial charge in [-0.15, -0.1) is 12.6 Å². The van der Waals surface area contributed by atoms with Crippen molar-refractivity contribution in [1.82, 2.24) is 0 Å². The minimum atomic E-state index is -0.793. The Kier molecular flexibility index (Phi) is 5.25. The van der Waals surface area contributed by atoms with Crippen LogP contribution in [-0.2, 0) is 10.2 Å². The number of aliphatic carboxylic acids is 1. The molecular weight excluding hydrogens is 328 g/mol. The standard InChI is InChI=1S/C22H20O2S/c23-21(24)14-15-22(17-8-3-1-4-9-17,18-10-5-2-6-11-18)19-12-7-13-20(25)16-19/h1-13,16,25H,14-15H2,(H,23,24). The number of benzene rings is 3. The summed E-state index contributed by atoms with van der Waals surface area (Å²) in [5.74, 6) is -0.793. The van der Waals surface area contributed by atoms with Gasteiger partial charge in [0.1, 0.15) is 0 Å². The van der Waals surface area contributed by atoms with Crippen LogP contribution in [0, 0.1) is 0 Å². The van der Waals surface area contributed by atoms with Crippen molar-refractivity contribution in [2.45, 2.75) is 23.2 Å². The molecule has 0 radical (unpaired) electrons. The molecule has 3 aromatic carbocycles. The number of thiol groups is 1. The third-order valence-corrected chi connectivity index (χ3v) is 4.86. The van der Waals surface area contributed by atoms with E-state index < -0.39 is 11.4 Å². The summed E-state index contributed by atoms with van der Waals surface area (Å²) in [7, 11) is 0. The molecule has 0 atom stereocenters. The molecule has 0 spiro atoms. The van der Waals surface area contributed by atoms with E-state index in [1.807, 2.05) is 54.6 Å². The highest BCUT2D eigenvalue weighted by Crippen LogP contribution is 2.43. The van der Waals surface area contributed by atoms with Crippen molar-refractivity contribution in [3.63, 3.8) is 0 Å². The molecule has 2 nitrogen and oxygen atoms in total. The Balaban J connectivity index is 2.29. The van der Waals surface area contributed by atoms with Crippen LogP contribution in [0.25, 0.3) is 0 Å². The minimum absolute atomic E-state index is 0.0839. The first-order chi connectivity index (χ1) is 12.1. The van der Waals surface area contributed by atoms with Gasteiger partial charge in [-0.3, -0.25) is 4.79 Å². The Bertz CT molecular complexity index is 805. The van der Waals surface area contributed by atoms with Gasteiger partial charge in [0.2, 0.25) is 0 Å². The van der Waals surface area contributed by atoms with Gasteiger partial charge in [0.25, 0.3) is 0 Å². The van der Waals surface area contributed by atoms with Gasteiger partial charge in [0, 0.05) is 16.7 Å². The minimum Gasteiger partial charge on any atom is -0.481 e. The molecule has 3 heteroatoms. The fourth-order valence-corrected chi connectivity index (χ4v) is 3.67. The summed E-state index contributed by atoms with van der Waals surface area (Å²) in [4.78, 5) is 12.3. The van der Waals surface area contributed by atoms with E-state index in [0.717, 1.165) is 21.6 Å². The Morgan fingerprint density at radius 3 is 1.80 bits per heavy atom. The Labute approximate surface area is 153 Å². The number of hydrogen-bond donors (Lipinski definition) is 2. The van der Waals surface area contributed by atoms with Crippen LogP contribution >= 0.6 is 12.6 Å². The number of rotatable bonds is 6. The van der Waals surface area contributed by atoms with Gasteiger partial charge in [-0.2, -0.15) is 0 Å². The highest BCUT2D eigenvalue weighted by molar-refractivity contribution is 7.80. The van der Waals surface area contributed by atoms with Crippen LogP contribution in [0.4, 0.5) is 0 Å². The largest absolute Gasteiger partial charge is 0.481 e. The van der Waals surface area contributed by atoms with Crippen molar-refractivity contribution in [3.8, 4) is 0 Å². The van der Waals surface area contributed by atoms with E-state index in [9.17, 15) is 9.90 Å². The van der Waals surface area contributed by atoms with Gasteiger partial charge < -0.3 is 5.11 Å². The zero-order valence-corrected chi connectivity index (χ0v) is 14.7. The molecule has 126 valence electrons. The highest BCUT2D eigenvalue weighted by Gasteiger charge is 2.36. The Morgan fingerprint density at radius 1 is 0.800 bits per heavy atom. The number of hydrogen-bond acceptors (Lipinski definition) is 2. The SMILES string of the molecule is O=C(O)CCC(c1ccccc1)(c1ccccc1)c1cccc(S)c1. The molecule has 25 heavy (non-hydrogen) atoms. The maximum atomic E-state index is 11.4. The number of carboxylic acids is 1. The molecule has 1 N–H and O–H groups in total. The summed E-state index contributed by atoms with van der Waals surface area (Å²) in [6.07, 6.45) is 0.564. The topological polar surface area (TPSA) is 37.3 Å². The van der Waals surface area contributed by atoms with Crippen molar-refractivity contribution < 1.29 is 9.90 Å². The summed E-state index contributed by atoms with van der Waals surface area (Å²) >= 11 is 4.50. The molecule has 0 bridgehead atoms. The van der Waals surface area contributed by atoms with Crippen LogP contribution < -0.4 is 0 Å². The molecule has 3 aromatic rings. The van der Waals surface area contributed by atoms with Gasteiger partial charge in [0.15, 0.2) is 0 Å². The number of carboxylic acid groups (broad SMARTS) is 1. The van der Waals surface area contributed by atoms with Crippen LogP contribution in [0.3, 0.4) is 0 Å². The third kappa shape index (κ3) is 3.62. The van der Waals surface area contributed by atoms with Crippen LogP contribution in [0.1, 0.15) is 29.5 Å². The first kappa shape index (κ1) is 17.3. The molecule has 0 aliphatic carbocycles. The van der Waals surface area contributed by atoms with E-state index in [0.29, 0.717) is 6.42 Å². The first-order valence-corrected chi connectivity index (χ1v) is 8.70. The normalized spacial score (nSPS) is 11.2. The van der Waals surface area contributed by atoms with Crippen molar-refractivity contribution in [3.05, 3.63) is 102 Å². The van der Waals surface area contributed by atoms with Crippen LogP contribution in [0.5, 0.6) is 0 Å². The second kappa shape index (κ2) is 7.58. The van der Waals surface area contributed by atoms with E-state index in [2.05, 4.69) is 43.0 Å². The second-order valence-electron chi connectivity index (χ2n) is 6.08. The summed E-state index contributed by atoms with van der Waals surface area (Å²) in [5.41, 5.74) is 2.70. The fraction of sp³-hybridized carbons (Fsp3) is 0.136. The Hall–Kier alpha value is -2.52. The van der Waals surface area contributed by atoms with Gasteiger partial charge in [-0.1, -0.05) is 72.8 Å². The van der Waals surface area contributed by atoms with Gasteiger partial charge >= 0.3 is 5.97 Å². The van der Waals surface area contributed by atoms with Crippen molar-refractivity contribution in [2.24, 2.45) is 0 Å². The fourth-order valence-electron chi connectivity index (χ4n) is 3.44.